The van der Waals surface area contributed by atoms with E-state index < -0.39 is 117 Å². The van der Waals surface area contributed by atoms with Crippen LogP contribution in [0.5, 0.6) is 0 Å². The minimum absolute atomic E-state index is 0.669. The van der Waals surface area contributed by atoms with Crippen LogP contribution in [0.4, 0.5) is 0 Å². The number of rotatable bonds is 8. The van der Waals surface area contributed by atoms with Crippen LogP contribution in [0, 0.1) is 0 Å². The molecule has 16 N–H and O–H groups in total. The van der Waals surface area contributed by atoms with Crippen LogP contribution in [0.3, 0.4) is 0 Å². The highest BCUT2D eigenvalue weighted by atomic mass is 16.8. The van der Waals surface area contributed by atoms with E-state index in [1.54, 1.807) is 0 Å². The molecule has 3 heterocycles. The third-order valence-corrected chi connectivity index (χ3v) is 7.15. The van der Waals surface area contributed by atoms with Crippen LogP contribution in [-0.4, -0.2) is 158 Å². The first-order valence-corrected chi connectivity index (χ1v) is 11.9. The van der Waals surface area contributed by atoms with Crippen molar-refractivity contribution in [1.29, 1.82) is 0 Å². The Morgan fingerprint density at radius 1 is 0.757 bits per heavy atom. The van der Waals surface area contributed by atoms with Gasteiger partial charge in [0.25, 0.3) is 0 Å². The van der Waals surface area contributed by atoms with Crippen molar-refractivity contribution < 1.29 is 64.5 Å². The van der Waals surface area contributed by atoms with E-state index in [-0.39, 0.29) is 0 Å². The fourth-order valence-corrected chi connectivity index (χ4v) is 4.82. The van der Waals surface area contributed by atoms with Gasteiger partial charge in [0.15, 0.2) is 12.6 Å². The second-order valence-electron chi connectivity index (χ2n) is 9.65. The molecule has 3 fully saturated rings. The standard InChI is InChI=1S/C20H40N4O13/c1-5(21)20(17(24)14(31)11(28)6(2-25)36-20)37-16-8(4-27)34-19(10(23)13(16)30)35-15-7(3-26)33-18(32)9(22)12(15)29/h5-19,25-32H,2-4,21-24H2,1H3/t5?,6-,7-,8-,9-,10-,11-,12-,13-,14+,15?,16?,17-,18-,19+,20+/m1/s1. The van der Waals surface area contributed by atoms with E-state index >= 15 is 0 Å². The van der Waals surface area contributed by atoms with E-state index in [1.165, 1.54) is 6.92 Å². The molecule has 3 saturated heterocycles. The summed E-state index contributed by atoms with van der Waals surface area (Å²) in [6.45, 7) is -0.720. The molecule has 37 heavy (non-hydrogen) atoms. The summed E-state index contributed by atoms with van der Waals surface area (Å²) < 4.78 is 28.2. The first-order chi connectivity index (χ1) is 17.3. The van der Waals surface area contributed by atoms with Crippen LogP contribution < -0.4 is 22.9 Å². The van der Waals surface area contributed by atoms with Gasteiger partial charge < -0.3 is 87.5 Å². The molecule has 0 radical (unpaired) electrons. The Bertz CT molecular complexity index is 736. The van der Waals surface area contributed by atoms with Gasteiger partial charge in [0.1, 0.15) is 54.9 Å². The van der Waals surface area contributed by atoms with Crippen LogP contribution in [0.25, 0.3) is 0 Å². The lowest BCUT2D eigenvalue weighted by Gasteiger charge is -2.54. The average Bonchev–Trinajstić information content (AvgIpc) is 2.88. The highest BCUT2D eigenvalue weighted by Gasteiger charge is 2.59. The molecule has 17 nitrogen and oxygen atoms in total. The molecule has 0 saturated carbocycles. The minimum Gasteiger partial charge on any atom is -0.394 e. The Kier molecular flexibility index (Phi) is 10.2. The van der Waals surface area contributed by atoms with E-state index in [4.69, 9.17) is 46.6 Å². The molecule has 3 aliphatic heterocycles. The number of nitrogens with two attached hydrogens (primary N) is 4. The Labute approximate surface area is 212 Å². The molecule has 0 aromatic carbocycles. The van der Waals surface area contributed by atoms with Crippen molar-refractivity contribution in [2.24, 2.45) is 22.9 Å². The molecule has 0 spiro atoms. The van der Waals surface area contributed by atoms with Crippen molar-refractivity contribution >= 4 is 0 Å². The lowest BCUT2D eigenvalue weighted by Crippen LogP contribution is -2.76. The molecular formula is C20H40N4O13. The molecule has 16 atom stereocenters. The summed E-state index contributed by atoms with van der Waals surface area (Å²) in [5.74, 6) is -2.07. The zero-order valence-electron chi connectivity index (χ0n) is 20.2. The van der Waals surface area contributed by atoms with Crippen molar-refractivity contribution in [1.82, 2.24) is 0 Å². The van der Waals surface area contributed by atoms with Crippen molar-refractivity contribution in [3.05, 3.63) is 0 Å². The monoisotopic (exact) mass is 544 g/mol. The number of hydrogen-bond donors (Lipinski definition) is 12. The summed E-state index contributed by atoms with van der Waals surface area (Å²) in [5.41, 5.74) is 24.0. The predicted molar refractivity (Wildman–Crippen MR) is 120 cm³/mol. The Balaban J connectivity index is 1.83. The van der Waals surface area contributed by atoms with Gasteiger partial charge in [0, 0.05) is 0 Å². The second kappa shape index (κ2) is 12.2. The molecule has 0 aromatic rings. The SMILES string of the molecule is CC(N)[C@@]1(OC2[C@@H](CO)O[C@@H](OC3[C@@H](CO)O[C@@H](O)[C@H](N)[C@H]3O)[C@H](N)[C@H]2O)O[C@H](CO)[C@@H](O)[C@H](O)[C@H]1N. The smallest absolute Gasteiger partial charge is 0.202 e. The largest absolute Gasteiger partial charge is 0.394 e. The molecular weight excluding hydrogens is 504 g/mol. The first-order valence-electron chi connectivity index (χ1n) is 11.9. The fraction of sp³-hybridized carbons (Fsp3) is 1.00. The van der Waals surface area contributed by atoms with E-state index in [0.29, 0.717) is 0 Å². The van der Waals surface area contributed by atoms with Gasteiger partial charge >= 0.3 is 0 Å². The van der Waals surface area contributed by atoms with Gasteiger partial charge in [-0.25, -0.2) is 0 Å². The Hall–Kier alpha value is -0.680. The van der Waals surface area contributed by atoms with Gasteiger partial charge in [-0.1, -0.05) is 0 Å². The van der Waals surface area contributed by atoms with E-state index in [2.05, 4.69) is 0 Å². The van der Waals surface area contributed by atoms with E-state index in [0.717, 1.165) is 0 Å². The molecule has 3 rings (SSSR count). The van der Waals surface area contributed by atoms with Gasteiger partial charge in [-0.05, 0) is 6.92 Å². The lowest BCUT2D eigenvalue weighted by molar-refractivity contribution is -0.385. The molecule has 0 aliphatic carbocycles. The molecule has 3 aliphatic rings. The predicted octanol–water partition coefficient (Wildman–Crippen LogP) is -7.96. The fourth-order valence-electron chi connectivity index (χ4n) is 4.82. The molecule has 3 unspecified atom stereocenters. The first kappa shape index (κ1) is 30.9. The van der Waals surface area contributed by atoms with Crippen molar-refractivity contribution in [2.75, 3.05) is 19.8 Å². The number of hydrogen-bond acceptors (Lipinski definition) is 17. The van der Waals surface area contributed by atoms with Gasteiger partial charge in [-0.2, -0.15) is 0 Å². The van der Waals surface area contributed by atoms with Crippen LogP contribution >= 0.6 is 0 Å². The summed E-state index contributed by atoms with van der Waals surface area (Å²) >= 11 is 0. The summed E-state index contributed by atoms with van der Waals surface area (Å²) in [4.78, 5) is 0. The topological polar surface area (TPSA) is 312 Å². The molecule has 0 amide bonds. The lowest BCUT2D eigenvalue weighted by atomic mass is 9.86. The van der Waals surface area contributed by atoms with Crippen LogP contribution in [0.2, 0.25) is 0 Å². The Morgan fingerprint density at radius 3 is 1.84 bits per heavy atom. The average molecular weight is 545 g/mol. The maximum Gasteiger partial charge on any atom is 0.202 e. The summed E-state index contributed by atoms with van der Waals surface area (Å²) in [6.07, 6.45) is -16.2. The van der Waals surface area contributed by atoms with Crippen LogP contribution in [0.15, 0.2) is 0 Å². The van der Waals surface area contributed by atoms with E-state index in [1.807, 2.05) is 0 Å². The maximum atomic E-state index is 11.0. The van der Waals surface area contributed by atoms with Crippen molar-refractivity contribution in [3.63, 3.8) is 0 Å². The number of ether oxygens (including phenoxy) is 5. The summed E-state index contributed by atoms with van der Waals surface area (Å²) in [5, 5.41) is 81.2. The third-order valence-electron chi connectivity index (χ3n) is 7.15. The molecule has 0 bridgehead atoms. The Morgan fingerprint density at radius 2 is 1.30 bits per heavy atom. The maximum absolute atomic E-state index is 11.0. The van der Waals surface area contributed by atoms with Crippen LogP contribution in [-0.2, 0) is 23.7 Å². The van der Waals surface area contributed by atoms with Gasteiger partial charge in [-0.15, -0.1) is 0 Å². The summed E-state index contributed by atoms with van der Waals surface area (Å²) in [7, 11) is 0. The highest BCUT2D eigenvalue weighted by molar-refractivity contribution is 5.05. The van der Waals surface area contributed by atoms with Gasteiger partial charge in [-0.3, -0.25) is 0 Å². The molecule has 0 aromatic heterocycles. The quantitative estimate of drug-likeness (QED) is 0.135. The van der Waals surface area contributed by atoms with Gasteiger partial charge in [0.05, 0.1) is 44.0 Å². The van der Waals surface area contributed by atoms with Crippen LogP contribution in [0.1, 0.15) is 6.92 Å². The van der Waals surface area contributed by atoms with Crippen molar-refractivity contribution in [3.8, 4) is 0 Å². The highest BCUT2D eigenvalue weighted by Crippen LogP contribution is 2.37. The van der Waals surface area contributed by atoms with Crippen molar-refractivity contribution in [2.45, 2.75) is 104 Å². The molecule has 17 heteroatoms. The van der Waals surface area contributed by atoms with E-state index in [9.17, 15) is 40.9 Å². The molecule has 218 valence electrons. The normalized spacial score (nSPS) is 52.1. The zero-order valence-corrected chi connectivity index (χ0v) is 20.2. The number of aliphatic hydroxyl groups excluding tert-OH is 8. The number of aliphatic hydroxyl groups is 8. The summed E-state index contributed by atoms with van der Waals surface area (Å²) in [6, 6.07) is -5.24. The second-order valence-corrected chi connectivity index (χ2v) is 9.65. The third kappa shape index (κ3) is 5.65. The minimum atomic E-state index is -2.07. The zero-order chi connectivity index (χ0) is 27.8. The van der Waals surface area contributed by atoms with Gasteiger partial charge in [0.2, 0.25) is 5.79 Å².